The lowest BCUT2D eigenvalue weighted by molar-refractivity contribution is -0.000834. The number of rotatable bonds is 9. The van der Waals surface area contributed by atoms with Gasteiger partial charge in [0.2, 0.25) is 11.8 Å². The van der Waals surface area contributed by atoms with Crippen molar-refractivity contribution in [3.05, 3.63) is 50.3 Å². The molecule has 2 saturated carbocycles. The number of ether oxygens (including phenoxy) is 2. The van der Waals surface area contributed by atoms with E-state index in [1.54, 1.807) is 7.11 Å². The molecule has 0 radical (unpaired) electrons. The summed E-state index contributed by atoms with van der Waals surface area (Å²) in [6.07, 6.45) is 12.3. The van der Waals surface area contributed by atoms with Gasteiger partial charge in [-0.1, -0.05) is 49.5 Å². The van der Waals surface area contributed by atoms with Crippen LogP contribution < -0.4 is 9.61 Å². The normalized spacial score (nSPS) is 21.0. The number of aromatic nitrogens is 2. The molecule has 2 aliphatic carbocycles. The number of benzene rings is 1. The van der Waals surface area contributed by atoms with E-state index in [1.807, 2.05) is 24.3 Å². The number of H-pyrrole nitrogens is 1. The smallest absolute Gasteiger partial charge is 0.307 e. The highest BCUT2D eigenvalue weighted by molar-refractivity contribution is 7.09. The van der Waals surface area contributed by atoms with Crippen LogP contribution >= 0.6 is 11.3 Å². The topological polar surface area (TPSA) is 97.6 Å². The minimum absolute atomic E-state index is 0.0294. The fourth-order valence-electron chi connectivity index (χ4n) is 5.74. The Hall–Kier alpha value is -2.58. The highest BCUT2D eigenvalue weighted by Crippen LogP contribution is 2.38. The van der Waals surface area contributed by atoms with E-state index < -0.39 is 0 Å². The zero-order chi connectivity index (χ0) is 24.9. The molecule has 8 heteroatoms. The number of methoxy groups -OCH3 is 1. The number of hydrogen-bond donors (Lipinski definition) is 2. The Kier molecular flexibility index (Phi) is 8.12. The van der Waals surface area contributed by atoms with E-state index in [0.29, 0.717) is 24.3 Å². The predicted octanol–water partition coefficient (Wildman–Crippen LogP) is 6.56. The third-order valence-electron chi connectivity index (χ3n) is 7.69. The van der Waals surface area contributed by atoms with Gasteiger partial charge in [0, 0.05) is 11.5 Å². The van der Waals surface area contributed by atoms with Gasteiger partial charge >= 0.3 is 4.87 Å². The molecule has 0 bridgehead atoms. The minimum Gasteiger partial charge on any atom is -0.497 e. The molecule has 36 heavy (non-hydrogen) atoms. The average Bonchev–Trinajstić information content (AvgIpc) is 3.49. The van der Waals surface area contributed by atoms with Gasteiger partial charge in [0.15, 0.2) is 0 Å². The van der Waals surface area contributed by atoms with E-state index in [-0.39, 0.29) is 16.9 Å². The van der Waals surface area contributed by atoms with Crippen LogP contribution in [0.2, 0.25) is 0 Å². The van der Waals surface area contributed by atoms with Crippen molar-refractivity contribution in [2.75, 3.05) is 7.11 Å². The van der Waals surface area contributed by atoms with E-state index in [2.05, 4.69) is 4.98 Å². The van der Waals surface area contributed by atoms with Gasteiger partial charge in [0.05, 0.1) is 24.7 Å². The Morgan fingerprint density at radius 1 is 1.17 bits per heavy atom. The number of nitrogens with one attached hydrogen (secondary N) is 1. The number of hydrogen-bond acceptors (Lipinski definition) is 7. The van der Waals surface area contributed by atoms with E-state index in [4.69, 9.17) is 18.9 Å². The lowest BCUT2D eigenvalue weighted by atomic mass is 9.84. The number of oxazole rings is 1. The molecule has 0 aliphatic heterocycles. The van der Waals surface area contributed by atoms with Crippen LogP contribution in [-0.4, -0.2) is 28.3 Å². The summed E-state index contributed by atoms with van der Waals surface area (Å²) in [6.45, 7) is 0.469. The van der Waals surface area contributed by atoms with Gasteiger partial charge in [0.25, 0.3) is 0 Å². The van der Waals surface area contributed by atoms with Gasteiger partial charge in [0.1, 0.15) is 17.2 Å². The molecule has 2 aliphatic rings. The second-order valence-corrected chi connectivity index (χ2v) is 11.3. The second kappa shape index (κ2) is 11.6. The summed E-state index contributed by atoms with van der Waals surface area (Å²) in [5, 5.41) is 9.88. The summed E-state index contributed by atoms with van der Waals surface area (Å²) in [5.74, 6) is 3.39. The fourth-order valence-corrected chi connectivity index (χ4v) is 6.48. The van der Waals surface area contributed by atoms with Crippen LogP contribution in [0.15, 0.2) is 33.5 Å². The summed E-state index contributed by atoms with van der Waals surface area (Å²) in [6, 6.07) is 7.86. The van der Waals surface area contributed by atoms with Crippen molar-refractivity contribution in [3.8, 4) is 23.1 Å². The molecule has 2 N–H and O–H groups in total. The molecule has 7 nitrogen and oxygen atoms in total. The number of nitrogens with zero attached hydrogens (tertiary/aromatic N) is 1. The molecular formula is C28H36N2O5S. The van der Waals surface area contributed by atoms with Crippen LogP contribution in [0.1, 0.15) is 86.5 Å². The highest BCUT2D eigenvalue weighted by atomic mass is 32.1. The van der Waals surface area contributed by atoms with Gasteiger partial charge in [-0.05, 0) is 62.6 Å². The molecular weight excluding hydrogens is 476 g/mol. The van der Waals surface area contributed by atoms with E-state index in [9.17, 15) is 9.90 Å². The number of aromatic amines is 1. The Morgan fingerprint density at radius 3 is 2.81 bits per heavy atom. The first-order chi connectivity index (χ1) is 17.6. The summed E-state index contributed by atoms with van der Waals surface area (Å²) in [7, 11) is 1.67. The monoisotopic (exact) mass is 512 g/mol. The summed E-state index contributed by atoms with van der Waals surface area (Å²) >= 11 is 1.11. The molecule has 194 valence electrons. The van der Waals surface area contributed by atoms with Crippen molar-refractivity contribution >= 4 is 11.3 Å². The van der Waals surface area contributed by atoms with Crippen LogP contribution in [0.5, 0.6) is 11.6 Å². The van der Waals surface area contributed by atoms with E-state index in [0.717, 1.165) is 90.3 Å². The summed E-state index contributed by atoms with van der Waals surface area (Å²) in [4.78, 5) is 19.4. The number of thiazole rings is 1. The molecule has 2 unspecified atom stereocenters. The third kappa shape index (κ3) is 6.03. The van der Waals surface area contributed by atoms with Crippen molar-refractivity contribution in [1.82, 2.24) is 9.97 Å². The van der Waals surface area contributed by atoms with Crippen LogP contribution in [0, 0.1) is 5.92 Å². The molecule has 5 rings (SSSR count). The van der Waals surface area contributed by atoms with E-state index >= 15 is 0 Å². The third-order valence-corrected chi connectivity index (χ3v) is 8.62. The van der Waals surface area contributed by atoms with Crippen molar-refractivity contribution < 1.29 is 19.0 Å². The van der Waals surface area contributed by atoms with Gasteiger partial charge < -0.3 is 19.0 Å². The highest BCUT2D eigenvalue weighted by Gasteiger charge is 2.27. The maximum atomic E-state index is 11.5. The lowest BCUT2D eigenvalue weighted by Gasteiger charge is -2.29. The molecule has 2 aromatic heterocycles. The largest absolute Gasteiger partial charge is 0.497 e. The van der Waals surface area contributed by atoms with Gasteiger partial charge in [-0.25, -0.2) is 4.98 Å². The van der Waals surface area contributed by atoms with Crippen LogP contribution in [0.3, 0.4) is 0 Å². The minimum atomic E-state index is -0.193. The average molecular weight is 513 g/mol. The number of aromatic hydroxyl groups is 1. The Bertz CT molecular complexity index is 1190. The SMILES string of the molecule is COc1cccc(-c2nc(COC3CCCC(CCc4sc(=O)[nH]c4O)C3)c(C3CCCCC3)o2)c1. The first-order valence-electron chi connectivity index (χ1n) is 13.3. The molecule has 2 heterocycles. The van der Waals surface area contributed by atoms with Crippen LogP contribution in [0.25, 0.3) is 11.5 Å². The molecule has 0 amide bonds. The summed E-state index contributed by atoms with van der Waals surface area (Å²) in [5.41, 5.74) is 1.86. The van der Waals surface area contributed by atoms with Gasteiger partial charge in [-0.2, -0.15) is 0 Å². The molecule has 2 atom stereocenters. The zero-order valence-electron chi connectivity index (χ0n) is 21.0. The van der Waals surface area contributed by atoms with Gasteiger partial charge in [-0.3, -0.25) is 9.78 Å². The van der Waals surface area contributed by atoms with E-state index in [1.165, 1.54) is 19.3 Å². The number of aryl methyl sites for hydroxylation is 1. The zero-order valence-corrected chi connectivity index (χ0v) is 21.8. The van der Waals surface area contributed by atoms with Crippen molar-refractivity contribution in [3.63, 3.8) is 0 Å². The molecule has 2 fully saturated rings. The van der Waals surface area contributed by atoms with Crippen molar-refractivity contribution in [1.29, 1.82) is 0 Å². The lowest BCUT2D eigenvalue weighted by Crippen LogP contribution is -2.23. The molecule has 3 aromatic rings. The Morgan fingerprint density at radius 2 is 2.03 bits per heavy atom. The molecule has 1 aromatic carbocycles. The van der Waals surface area contributed by atoms with Crippen LogP contribution in [-0.2, 0) is 17.8 Å². The molecule has 0 spiro atoms. The predicted molar refractivity (Wildman–Crippen MR) is 140 cm³/mol. The summed E-state index contributed by atoms with van der Waals surface area (Å²) < 4.78 is 18.3. The maximum Gasteiger partial charge on any atom is 0.307 e. The van der Waals surface area contributed by atoms with Crippen molar-refractivity contribution in [2.24, 2.45) is 5.92 Å². The van der Waals surface area contributed by atoms with Gasteiger partial charge in [-0.15, -0.1) is 0 Å². The Balaban J connectivity index is 1.25. The first kappa shape index (κ1) is 25.1. The molecule has 0 saturated heterocycles. The first-order valence-corrected chi connectivity index (χ1v) is 14.1. The Labute approximate surface area is 215 Å². The quantitative estimate of drug-likeness (QED) is 0.337. The maximum absolute atomic E-state index is 11.5. The fraction of sp³-hybridized carbons (Fsp3) is 0.571. The van der Waals surface area contributed by atoms with Crippen molar-refractivity contribution in [2.45, 2.75) is 89.3 Å². The van der Waals surface area contributed by atoms with Crippen LogP contribution in [0.4, 0.5) is 0 Å². The standard InChI is InChI=1S/C28H36N2O5S/c1-33-21-11-6-10-20(16-21)27-29-23(25(35-27)19-8-3-2-4-9-19)17-34-22-12-5-7-18(15-22)13-14-24-26(31)30-28(32)36-24/h6,10-11,16,18-19,22,31H,2-5,7-9,12-15,17H2,1H3,(H,30,32). The second-order valence-electron chi connectivity index (χ2n) is 10.2.